The molecule has 0 radical (unpaired) electrons. The standard InChI is InChI=1S/C15H26N2O3/c1-16(2)8-9-17(3)11-13(18)12-6-7-14(19-4)15(10-12)20-5/h6-7,10,13,18H,8-9,11H2,1-5H3. The van der Waals surface area contributed by atoms with E-state index in [2.05, 4.69) is 9.80 Å². The first-order valence-electron chi connectivity index (χ1n) is 6.71. The Kier molecular flexibility index (Phi) is 6.78. The first-order valence-corrected chi connectivity index (χ1v) is 6.71. The Morgan fingerprint density at radius 1 is 1.05 bits per heavy atom. The van der Waals surface area contributed by atoms with Gasteiger partial charge < -0.3 is 24.4 Å². The average molecular weight is 282 g/mol. The fourth-order valence-electron chi connectivity index (χ4n) is 1.92. The molecule has 0 bridgehead atoms. The minimum Gasteiger partial charge on any atom is -0.493 e. The molecule has 114 valence electrons. The molecular weight excluding hydrogens is 256 g/mol. The van der Waals surface area contributed by atoms with Crippen LogP contribution < -0.4 is 9.47 Å². The van der Waals surface area contributed by atoms with Gasteiger partial charge in [-0.15, -0.1) is 0 Å². The van der Waals surface area contributed by atoms with Crippen molar-refractivity contribution in [1.29, 1.82) is 0 Å². The van der Waals surface area contributed by atoms with E-state index >= 15 is 0 Å². The van der Waals surface area contributed by atoms with Gasteiger partial charge in [-0.25, -0.2) is 0 Å². The van der Waals surface area contributed by atoms with Crippen LogP contribution in [0.2, 0.25) is 0 Å². The van der Waals surface area contributed by atoms with Gasteiger partial charge in [0.2, 0.25) is 0 Å². The Balaban J connectivity index is 2.65. The van der Waals surface area contributed by atoms with Crippen LogP contribution in [0, 0.1) is 0 Å². The summed E-state index contributed by atoms with van der Waals surface area (Å²) in [6.07, 6.45) is -0.540. The predicted molar refractivity (Wildman–Crippen MR) is 80.6 cm³/mol. The lowest BCUT2D eigenvalue weighted by Crippen LogP contribution is -2.31. The summed E-state index contributed by atoms with van der Waals surface area (Å²) < 4.78 is 10.4. The number of hydrogen-bond donors (Lipinski definition) is 1. The fourth-order valence-corrected chi connectivity index (χ4v) is 1.92. The number of rotatable bonds is 8. The summed E-state index contributed by atoms with van der Waals surface area (Å²) in [6.45, 7) is 2.47. The van der Waals surface area contributed by atoms with Crippen LogP contribution in [0.4, 0.5) is 0 Å². The van der Waals surface area contributed by atoms with Gasteiger partial charge in [0.25, 0.3) is 0 Å². The lowest BCUT2D eigenvalue weighted by atomic mass is 10.1. The Morgan fingerprint density at radius 2 is 1.70 bits per heavy atom. The molecule has 1 aromatic carbocycles. The molecule has 0 spiro atoms. The summed E-state index contributed by atoms with van der Waals surface area (Å²) in [7, 11) is 9.28. The van der Waals surface area contributed by atoms with E-state index < -0.39 is 6.10 Å². The highest BCUT2D eigenvalue weighted by Gasteiger charge is 2.13. The van der Waals surface area contributed by atoms with E-state index in [0.29, 0.717) is 18.0 Å². The number of aliphatic hydroxyl groups excluding tert-OH is 1. The molecular formula is C15H26N2O3. The van der Waals surface area contributed by atoms with Crippen LogP contribution in [-0.2, 0) is 0 Å². The average Bonchev–Trinajstić information content (AvgIpc) is 2.44. The smallest absolute Gasteiger partial charge is 0.161 e. The van der Waals surface area contributed by atoms with E-state index in [4.69, 9.17) is 9.47 Å². The number of nitrogens with zero attached hydrogens (tertiary/aromatic N) is 2. The van der Waals surface area contributed by atoms with Gasteiger partial charge in [0.15, 0.2) is 11.5 Å². The van der Waals surface area contributed by atoms with Crippen LogP contribution in [0.5, 0.6) is 11.5 Å². The maximum absolute atomic E-state index is 10.3. The molecule has 1 unspecified atom stereocenters. The molecule has 0 aliphatic rings. The van der Waals surface area contributed by atoms with E-state index in [-0.39, 0.29) is 0 Å². The number of ether oxygens (including phenoxy) is 2. The van der Waals surface area contributed by atoms with Crippen molar-refractivity contribution in [3.63, 3.8) is 0 Å². The van der Waals surface area contributed by atoms with Crippen LogP contribution in [0.15, 0.2) is 18.2 Å². The lowest BCUT2D eigenvalue weighted by molar-refractivity contribution is 0.122. The molecule has 0 aliphatic carbocycles. The molecule has 0 saturated heterocycles. The number of likely N-dealkylation sites (N-methyl/N-ethyl adjacent to an activating group) is 2. The van der Waals surface area contributed by atoms with E-state index in [0.717, 1.165) is 18.7 Å². The molecule has 0 saturated carbocycles. The van der Waals surface area contributed by atoms with Gasteiger partial charge in [-0.2, -0.15) is 0 Å². The third kappa shape index (κ3) is 5.00. The highest BCUT2D eigenvalue weighted by Crippen LogP contribution is 2.30. The summed E-state index contributed by atoms with van der Waals surface area (Å²) in [5, 5.41) is 10.3. The van der Waals surface area contributed by atoms with Gasteiger partial charge in [0.05, 0.1) is 20.3 Å². The second-order valence-electron chi connectivity index (χ2n) is 5.20. The van der Waals surface area contributed by atoms with Crippen LogP contribution >= 0.6 is 0 Å². The van der Waals surface area contributed by atoms with Gasteiger partial charge >= 0.3 is 0 Å². The second kappa shape index (κ2) is 8.09. The first kappa shape index (κ1) is 16.8. The molecule has 0 aromatic heterocycles. The fraction of sp³-hybridized carbons (Fsp3) is 0.600. The van der Waals surface area contributed by atoms with Gasteiger partial charge in [0.1, 0.15) is 0 Å². The zero-order valence-corrected chi connectivity index (χ0v) is 13.1. The van der Waals surface area contributed by atoms with Crippen molar-refractivity contribution < 1.29 is 14.6 Å². The van der Waals surface area contributed by atoms with Crippen LogP contribution in [-0.4, -0.2) is 69.9 Å². The summed E-state index contributed by atoms with van der Waals surface area (Å²) in [6, 6.07) is 5.51. The zero-order chi connectivity index (χ0) is 15.1. The minimum atomic E-state index is -0.540. The van der Waals surface area contributed by atoms with E-state index in [1.807, 2.05) is 39.3 Å². The van der Waals surface area contributed by atoms with Gasteiger partial charge in [-0.1, -0.05) is 6.07 Å². The molecule has 0 heterocycles. The molecule has 1 N–H and O–H groups in total. The van der Waals surface area contributed by atoms with Crippen molar-refractivity contribution in [2.45, 2.75) is 6.10 Å². The van der Waals surface area contributed by atoms with E-state index in [9.17, 15) is 5.11 Å². The number of aliphatic hydroxyl groups is 1. The molecule has 0 amide bonds. The molecule has 1 aromatic rings. The lowest BCUT2D eigenvalue weighted by Gasteiger charge is -2.22. The topological polar surface area (TPSA) is 45.2 Å². The first-order chi connectivity index (χ1) is 9.47. The second-order valence-corrected chi connectivity index (χ2v) is 5.20. The quantitative estimate of drug-likeness (QED) is 0.777. The van der Waals surface area contributed by atoms with Crippen molar-refractivity contribution in [2.75, 3.05) is 55.0 Å². The number of methoxy groups -OCH3 is 2. The molecule has 20 heavy (non-hydrogen) atoms. The van der Waals surface area contributed by atoms with Crippen molar-refractivity contribution in [3.8, 4) is 11.5 Å². The highest BCUT2D eigenvalue weighted by atomic mass is 16.5. The van der Waals surface area contributed by atoms with Crippen LogP contribution in [0.3, 0.4) is 0 Å². The molecule has 5 heteroatoms. The summed E-state index contributed by atoms with van der Waals surface area (Å²) in [4.78, 5) is 4.24. The van der Waals surface area contributed by atoms with Crippen LogP contribution in [0.1, 0.15) is 11.7 Å². The number of benzene rings is 1. The Labute approximate surface area is 121 Å². The summed E-state index contributed by atoms with van der Waals surface area (Å²) >= 11 is 0. The summed E-state index contributed by atoms with van der Waals surface area (Å²) in [5.41, 5.74) is 0.833. The van der Waals surface area contributed by atoms with Crippen molar-refractivity contribution in [1.82, 2.24) is 9.80 Å². The third-order valence-electron chi connectivity index (χ3n) is 3.21. The largest absolute Gasteiger partial charge is 0.493 e. The molecule has 1 atom stereocenters. The number of hydrogen-bond acceptors (Lipinski definition) is 5. The molecule has 0 aliphatic heterocycles. The molecule has 0 fully saturated rings. The summed E-state index contributed by atoms with van der Waals surface area (Å²) in [5.74, 6) is 1.31. The van der Waals surface area contributed by atoms with Crippen molar-refractivity contribution in [3.05, 3.63) is 23.8 Å². The SMILES string of the molecule is COc1ccc(C(O)CN(C)CCN(C)C)cc1OC. The van der Waals surface area contributed by atoms with Crippen molar-refractivity contribution >= 4 is 0 Å². The third-order valence-corrected chi connectivity index (χ3v) is 3.21. The van der Waals surface area contributed by atoms with E-state index in [1.54, 1.807) is 14.2 Å². The Hall–Kier alpha value is -1.30. The Morgan fingerprint density at radius 3 is 2.25 bits per heavy atom. The predicted octanol–water partition coefficient (Wildman–Crippen LogP) is 1.23. The van der Waals surface area contributed by atoms with Crippen LogP contribution in [0.25, 0.3) is 0 Å². The highest BCUT2D eigenvalue weighted by molar-refractivity contribution is 5.43. The van der Waals surface area contributed by atoms with Gasteiger partial charge in [0, 0.05) is 19.6 Å². The molecule has 5 nitrogen and oxygen atoms in total. The zero-order valence-electron chi connectivity index (χ0n) is 13.1. The van der Waals surface area contributed by atoms with Gasteiger partial charge in [-0.05, 0) is 38.8 Å². The van der Waals surface area contributed by atoms with Gasteiger partial charge in [-0.3, -0.25) is 0 Å². The Bertz CT molecular complexity index is 410. The maximum Gasteiger partial charge on any atom is 0.161 e. The maximum atomic E-state index is 10.3. The monoisotopic (exact) mass is 282 g/mol. The normalized spacial score (nSPS) is 12.8. The van der Waals surface area contributed by atoms with E-state index in [1.165, 1.54) is 0 Å². The molecule has 1 rings (SSSR count). The minimum absolute atomic E-state index is 0.540. The van der Waals surface area contributed by atoms with Crippen molar-refractivity contribution in [2.24, 2.45) is 0 Å².